The van der Waals surface area contributed by atoms with Crippen molar-refractivity contribution < 1.29 is 18.7 Å². The number of carbonyl (C=O) groups is 1. The summed E-state index contributed by atoms with van der Waals surface area (Å²) >= 11 is 0. The van der Waals surface area contributed by atoms with Gasteiger partial charge in [0.2, 0.25) is 0 Å². The van der Waals surface area contributed by atoms with E-state index in [9.17, 15) is 4.79 Å². The Hall–Kier alpha value is -0.761. The molecule has 0 heterocycles. The van der Waals surface area contributed by atoms with Crippen molar-refractivity contribution in [1.29, 1.82) is 0 Å². The van der Waals surface area contributed by atoms with Crippen LogP contribution in [0.2, 0.25) is 0 Å². The summed E-state index contributed by atoms with van der Waals surface area (Å²) in [4.78, 5) is 11.6. The molecule has 2 nitrogen and oxygen atoms in total. The van der Waals surface area contributed by atoms with Gasteiger partial charge in [-0.25, -0.2) is 4.79 Å². The molecule has 0 unspecified atom stereocenters. The molecule has 28 heavy (non-hydrogen) atoms. The molecule has 0 aromatic heterocycles. The first kappa shape index (κ1) is 23.5. The van der Waals surface area contributed by atoms with E-state index in [4.69, 9.17) is 45.1 Å². The van der Waals surface area contributed by atoms with Gasteiger partial charge in [-0.15, -0.1) is 0 Å². The van der Waals surface area contributed by atoms with Crippen LogP contribution in [0.1, 0.15) is 10.4 Å². The normalized spacial score (nSPS) is 11.4. The molecule has 0 saturated heterocycles. The molecule has 0 N–H and O–H groups in total. The van der Waals surface area contributed by atoms with Gasteiger partial charge in [-0.05, 0) is 48.5 Å². The van der Waals surface area contributed by atoms with E-state index in [0.717, 1.165) is 0 Å². The SMILES string of the molecule is COC(=O)c1ccc([PH+](c2ccccc2)c2ccccc2)cc1.[Cl][Fe-]([Cl])([Cl])[Cl]. The van der Waals surface area contributed by atoms with Gasteiger partial charge in [0, 0.05) is 0 Å². The van der Waals surface area contributed by atoms with E-state index in [2.05, 4.69) is 48.5 Å². The summed E-state index contributed by atoms with van der Waals surface area (Å²) in [6.07, 6.45) is 0. The molecule has 3 aromatic rings. The minimum atomic E-state index is -2.61. The third-order valence-corrected chi connectivity index (χ3v) is 6.45. The van der Waals surface area contributed by atoms with Gasteiger partial charge in [-0.2, -0.15) is 0 Å². The van der Waals surface area contributed by atoms with E-state index in [1.165, 1.54) is 23.0 Å². The molecule has 0 fully saturated rings. The molecule has 3 aromatic carbocycles. The molecule has 0 amide bonds. The van der Waals surface area contributed by atoms with Crippen LogP contribution >= 0.6 is 48.3 Å². The predicted molar refractivity (Wildman–Crippen MR) is 121 cm³/mol. The van der Waals surface area contributed by atoms with Crippen LogP contribution < -0.4 is 15.9 Å². The molecule has 0 aliphatic heterocycles. The van der Waals surface area contributed by atoms with Crippen molar-refractivity contribution in [3.63, 3.8) is 0 Å². The molecule has 0 radical (unpaired) electrons. The number of benzene rings is 3. The topological polar surface area (TPSA) is 26.3 Å². The van der Waals surface area contributed by atoms with Crippen LogP contribution in [0.15, 0.2) is 84.9 Å². The Labute approximate surface area is 185 Å². The first-order valence-electron chi connectivity index (χ1n) is 7.99. The van der Waals surface area contributed by atoms with Crippen LogP contribution in [0.5, 0.6) is 0 Å². The predicted octanol–water partition coefficient (Wildman–Crippen LogP) is 5.72. The summed E-state index contributed by atoms with van der Waals surface area (Å²) in [7, 11) is 17.5. The second-order valence-corrected chi connectivity index (χ2v) is 18.9. The second kappa shape index (κ2) is 11.4. The first-order chi connectivity index (χ1) is 13.3. The summed E-state index contributed by atoms with van der Waals surface area (Å²) in [6.45, 7) is 0. The average Bonchev–Trinajstić information content (AvgIpc) is 2.68. The first-order valence-corrected chi connectivity index (χ1v) is 15.6. The summed E-state index contributed by atoms with van der Waals surface area (Å²) in [5.74, 6) is -0.301. The third kappa shape index (κ3) is 7.93. The standard InChI is InChI=1S/C20H17O2P.4ClH.Fe/c1-22-20(21)16-12-14-19(15-13-16)23(17-8-4-2-5-9-17)18-10-6-3-7-11-18;;;;;/h2-15H,1H3;4*1H;/q;;;;;+3/p-3. The third-order valence-electron chi connectivity index (χ3n) is 3.72. The monoisotopic (exact) mass is 517 g/mol. The van der Waals surface area contributed by atoms with Gasteiger partial charge < -0.3 is 4.74 Å². The molecule has 0 spiro atoms. The molecule has 0 atom stereocenters. The Balaban J connectivity index is 0.000000500. The van der Waals surface area contributed by atoms with Crippen LogP contribution in [-0.4, -0.2) is 13.1 Å². The van der Waals surface area contributed by atoms with E-state index >= 15 is 0 Å². The van der Waals surface area contributed by atoms with E-state index in [-0.39, 0.29) is 5.97 Å². The Morgan fingerprint density at radius 3 is 1.43 bits per heavy atom. The molecule has 151 valence electrons. The van der Waals surface area contributed by atoms with Gasteiger partial charge in [0.25, 0.3) is 0 Å². The van der Waals surface area contributed by atoms with Crippen molar-refractivity contribution in [1.82, 2.24) is 0 Å². The molecule has 0 aliphatic rings. The second-order valence-electron chi connectivity index (χ2n) is 5.48. The van der Waals surface area contributed by atoms with Crippen molar-refractivity contribution in [2.24, 2.45) is 0 Å². The van der Waals surface area contributed by atoms with Crippen molar-refractivity contribution >= 4 is 70.2 Å². The number of hydrogen-bond donors (Lipinski definition) is 0. The van der Waals surface area contributed by atoms with Crippen LogP contribution in [0.4, 0.5) is 0 Å². The zero-order chi connectivity index (χ0) is 20.6. The zero-order valence-corrected chi connectivity index (χ0v) is 19.9. The molecule has 0 aliphatic carbocycles. The molecular weight excluding hydrogens is 501 g/mol. The minimum absolute atomic E-state index is 0.301. The molecule has 0 bridgehead atoms. The van der Waals surface area contributed by atoms with Gasteiger partial charge in [0.15, 0.2) is 0 Å². The van der Waals surface area contributed by atoms with Crippen molar-refractivity contribution in [3.8, 4) is 0 Å². The maximum atomic E-state index is 11.6. The summed E-state index contributed by atoms with van der Waals surface area (Å²) in [6, 6.07) is 28.9. The van der Waals surface area contributed by atoms with Crippen LogP contribution in [0.25, 0.3) is 0 Å². The number of esters is 1. The van der Waals surface area contributed by atoms with E-state index in [1.807, 2.05) is 36.4 Å². The number of halogens is 4. The fraction of sp³-hybridized carbons (Fsp3) is 0.0500. The Morgan fingerprint density at radius 2 is 1.07 bits per heavy atom. The molecular formula is C20H18Cl4FeO2P. The molecule has 3 rings (SSSR count). The Kier molecular flexibility index (Phi) is 9.60. The quantitative estimate of drug-likeness (QED) is 0.251. The Bertz CT molecular complexity index is 827. The van der Waals surface area contributed by atoms with Crippen molar-refractivity contribution in [2.45, 2.75) is 0 Å². The van der Waals surface area contributed by atoms with Crippen molar-refractivity contribution in [3.05, 3.63) is 90.5 Å². The van der Waals surface area contributed by atoms with E-state index < -0.39 is 17.1 Å². The summed E-state index contributed by atoms with van der Waals surface area (Å²) in [5.41, 5.74) is 0.582. The number of carbonyl (C=O) groups excluding carboxylic acids is 1. The summed E-state index contributed by atoms with van der Waals surface area (Å²) < 4.78 is 4.78. The van der Waals surface area contributed by atoms with Gasteiger partial charge >= 0.3 is 55.6 Å². The van der Waals surface area contributed by atoms with Gasteiger partial charge in [-0.1, -0.05) is 36.4 Å². The van der Waals surface area contributed by atoms with E-state index in [1.54, 1.807) is 0 Å². The van der Waals surface area contributed by atoms with Crippen molar-refractivity contribution in [2.75, 3.05) is 7.11 Å². The maximum absolute atomic E-state index is 11.6. The average molecular weight is 519 g/mol. The van der Waals surface area contributed by atoms with Crippen LogP contribution in [0, 0.1) is 0 Å². The van der Waals surface area contributed by atoms with Gasteiger partial charge in [0.1, 0.15) is 15.9 Å². The number of rotatable bonds is 4. The van der Waals surface area contributed by atoms with Gasteiger partial charge in [-0.3, -0.25) is 0 Å². The van der Waals surface area contributed by atoms with Crippen LogP contribution in [0.3, 0.4) is 0 Å². The van der Waals surface area contributed by atoms with Crippen LogP contribution in [-0.2, 0) is 13.9 Å². The zero-order valence-electron chi connectivity index (χ0n) is 14.8. The fourth-order valence-electron chi connectivity index (χ4n) is 2.60. The molecule has 0 saturated carbocycles. The Morgan fingerprint density at radius 1 is 0.714 bits per heavy atom. The number of ether oxygens (including phenoxy) is 1. The number of methoxy groups -OCH3 is 1. The molecule has 8 heteroatoms. The van der Waals surface area contributed by atoms with E-state index in [0.29, 0.717) is 5.56 Å². The number of hydrogen-bond acceptors (Lipinski definition) is 2. The fourth-order valence-corrected chi connectivity index (χ4v) is 5.15. The van der Waals surface area contributed by atoms with Gasteiger partial charge in [0.05, 0.1) is 20.6 Å². The summed E-state index contributed by atoms with van der Waals surface area (Å²) in [5, 5.41) is 3.91.